The molecule has 0 fully saturated rings. The largest absolute Gasteiger partial charge is 0.423 e. The number of hydrogen-bond donors (Lipinski definition) is 1. The number of aromatic nitrogens is 1. The van der Waals surface area contributed by atoms with Crippen molar-refractivity contribution in [3.05, 3.63) is 108 Å². The van der Waals surface area contributed by atoms with E-state index in [1.54, 1.807) is 48.7 Å². The average molecular weight is 395 g/mol. The molecule has 146 valence electrons. The van der Waals surface area contributed by atoms with E-state index in [1.807, 2.05) is 36.4 Å². The maximum atomic E-state index is 12.6. The van der Waals surface area contributed by atoms with Gasteiger partial charge < -0.3 is 4.74 Å². The van der Waals surface area contributed by atoms with E-state index in [0.717, 1.165) is 16.3 Å². The average Bonchev–Trinajstić information content (AvgIpc) is 2.80. The highest BCUT2D eigenvalue weighted by molar-refractivity contribution is 6.05. The number of nitrogens with one attached hydrogen (secondary N) is 1. The molecular weight excluding hydrogens is 378 g/mol. The number of hydrazone groups is 1. The molecule has 0 saturated carbocycles. The van der Waals surface area contributed by atoms with E-state index in [1.165, 1.54) is 12.4 Å². The quantitative estimate of drug-likeness (QED) is 0.237. The predicted octanol–water partition coefficient (Wildman–Crippen LogP) is 4.22. The molecule has 0 atom stereocenters. The van der Waals surface area contributed by atoms with Gasteiger partial charge in [0.2, 0.25) is 0 Å². The number of pyridine rings is 1. The van der Waals surface area contributed by atoms with Gasteiger partial charge in [-0.05, 0) is 58.8 Å². The highest BCUT2D eigenvalue weighted by Gasteiger charge is 2.12. The van der Waals surface area contributed by atoms with E-state index in [4.69, 9.17) is 4.74 Å². The Morgan fingerprint density at radius 1 is 0.900 bits per heavy atom. The summed E-state index contributed by atoms with van der Waals surface area (Å²) in [6.07, 6.45) is 4.56. The summed E-state index contributed by atoms with van der Waals surface area (Å²) in [7, 11) is 0. The zero-order valence-electron chi connectivity index (χ0n) is 15.9. The van der Waals surface area contributed by atoms with Crippen LogP contribution in [-0.4, -0.2) is 23.1 Å². The first-order chi connectivity index (χ1) is 14.7. The van der Waals surface area contributed by atoms with E-state index in [2.05, 4.69) is 15.5 Å². The summed E-state index contributed by atoms with van der Waals surface area (Å²) >= 11 is 0. The topological polar surface area (TPSA) is 80.6 Å². The molecule has 30 heavy (non-hydrogen) atoms. The van der Waals surface area contributed by atoms with Gasteiger partial charge in [-0.1, -0.05) is 36.4 Å². The van der Waals surface area contributed by atoms with Crippen LogP contribution in [0.4, 0.5) is 0 Å². The molecule has 0 aliphatic rings. The molecule has 0 spiro atoms. The van der Waals surface area contributed by atoms with E-state index in [-0.39, 0.29) is 5.91 Å². The van der Waals surface area contributed by atoms with Crippen molar-refractivity contribution in [3.8, 4) is 5.75 Å². The van der Waals surface area contributed by atoms with Crippen molar-refractivity contribution in [1.29, 1.82) is 0 Å². The van der Waals surface area contributed by atoms with Gasteiger partial charge in [0.25, 0.3) is 5.91 Å². The minimum Gasteiger partial charge on any atom is -0.423 e. The molecule has 0 unspecified atom stereocenters. The number of carbonyl (C=O) groups is 2. The van der Waals surface area contributed by atoms with Gasteiger partial charge in [-0.25, -0.2) is 10.2 Å². The van der Waals surface area contributed by atoms with E-state index >= 15 is 0 Å². The summed E-state index contributed by atoms with van der Waals surface area (Å²) in [6, 6.07) is 23.4. The van der Waals surface area contributed by atoms with E-state index in [0.29, 0.717) is 16.9 Å². The predicted molar refractivity (Wildman–Crippen MR) is 115 cm³/mol. The lowest BCUT2D eigenvalue weighted by Gasteiger charge is -2.07. The van der Waals surface area contributed by atoms with Crippen LogP contribution in [-0.2, 0) is 0 Å². The number of rotatable bonds is 5. The number of carbonyl (C=O) groups excluding carboxylic acids is 2. The lowest BCUT2D eigenvalue weighted by molar-refractivity contribution is 0.0736. The van der Waals surface area contributed by atoms with Crippen molar-refractivity contribution >= 4 is 28.9 Å². The van der Waals surface area contributed by atoms with Gasteiger partial charge in [0.1, 0.15) is 5.75 Å². The Morgan fingerprint density at radius 2 is 1.70 bits per heavy atom. The van der Waals surface area contributed by atoms with Gasteiger partial charge in [0.15, 0.2) is 0 Å². The van der Waals surface area contributed by atoms with Crippen LogP contribution in [0.3, 0.4) is 0 Å². The smallest absolute Gasteiger partial charge is 0.344 e. The van der Waals surface area contributed by atoms with Crippen LogP contribution in [0.1, 0.15) is 26.3 Å². The van der Waals surface area contributed by atoms with Crippen LogP contribution in [0.25, 0.3) is 10.8 Å². The van der Waals surface area contributed by atoms with Crippen molar-refractivity contribution < 1.29 is 14.3 Å². The Balaban J connectivity index is 1.40. The van der Waals surface area contributed by atoms with Gasteiger partial charge in [-0.3, -0.25) is 9.78 Å². The third kappa shape index (κ3) is 4.39. The molecule has 4 rings (SSSR count). The fourth-order valence-corrected chi connectivity index (χ4v) is 2.91. The van der Waals surface area contributed by atoms with Gasteiger partial charge in [0, 0.05) is 12.4 Å². The monoisotopic (exact) mass is 395 g/mol. The van der Waals surface area contributed by atoms with Crippen molar-refractivity contribution in [2.24, 2.45) is 5.10 Å². The van der Waals surface area contributed by atoms with Gasteiger partial charge in [-0.2, -0.15) is 5.10 Å². The summed E-state index contributed by atoms with van der Waals surface area (Å²) in [5.74, 6) is -0.346. The highest BCUT2D eigenvalue weighted by Crippen LogP contribution is 2.21. The zero-order valence-corrected chi connectivity index (χ0v) is 15.9. The number of amides is 1. The minimum atomic E-state index is -0.419. The fraction of sp³-hybridized carbons (Fsp3) is 0. The van der Waals surface area contributed by atoms with Gasteiger partial charge in [0.05, 0.1) is 17.3 Å². The third-order valence-electron chi connectivity index (χ3n) is 4.40. The fourth-order valence-electron chi connectivity index (χ4n) is 2.91. The van der Waals surface area contributed by atoms with Crippen molar-refractivity contribution in [1.82, 2.24) is 10.4 Å². The molecule has 6 nitrogen and oxygen atoms in total. The first-order valence-electron chi connectivity index (χ1n) is 9.24. The van der Waals surface area contributed by atoms with Crippen LogP contribution in [0, 0.1) is 0 Å². The van der Waals surface area contributed by atoms with Crippen LogP contribution < -0.4 is 10.2 Å². The molecule has 0 radical (unpaired) electrons. The Morgan fingerprint density at radius 3 is 2.50 bits per heavy atom. The normalized spacial score (nSPS) is 10.8. The molecular formula is C24H17N3O3. The van der Waals surface area contributed by atoms with Crippen molar-refractivity contribution in [2.45, 2.75) is 0 Å². The van der Waals surface area contributed by atoms with E-state index < -0.39 is 5.97 Å². The van der Waals surface area contributed by atoms with Crippen LogP contribution in [0.5, 0.6) is 5.75 Å². The molecule has 3 aromatic carbocycles. The lowest BCUT2D eigenvalue weighted by atomic mass is 10.0. The third-order valence-corrected chi connectivity index (χ3v) is 4.40. The zero-order chi connectivity index (χ0) is 20.8. The number of hydrogen-bond acceptors (Lipinski definition) is 5. The first kappa shape index (κ1) is 19.0. The number of esters is 1. The second-order valence-electron chi connectivity index (χ2n) is 6.43. The molecule has 4 aromatic rings. The molecule has 1 amide bonds. The number of nitrogens with zero attached hydrogens (tertiary/aromatic N) is 2. The molecule has 0 saturated heterocycles. The molecule has 1 N–H and O–H groups in total. The Labute approximate surface area is 172 Å². The van der Waals surface area contributed by atoms with Crippen molar-refractivity contribution in [3.63, 3.8) is 0 Å². The van der Waals surface area contributed by atoms with Crippen molar-refractivity contribution in [2.75, 3.05) is 0 Å². The SMILES string of the molecule is O=C(N/N=C\c1ccc(OC(=O)c2cccc3ccccc23)cc1)c1cccnc1. The van der Waals surface area contributed by atoms with Crippen LogP contribution >= 0.6 is 0 Å². The molecule has 0 aliphatic heterocycles. The van der Waals surface area contributed by atoms with Gasteiger partial charge in [-0.15, -0.1) is 0 Å². The standard InChI is InChI=1S/C24H17N3O3/c28-23(19-7-4-14-25-16-19)27-26-15-17-10-12-20(13-11-17)30-24(29)22-9-3-6-18-5-1-2-8-21(18)22/h1-16H,(H,27,28)/b26-15-. The summed E-state index contributed by atoms with van der Waals surface area (Å²) in [5, 5.41) is 5.75. The summed E-state index contributed by atoms with van der Waals surface area (Å²) in [4.78, 5) is 28.4. The van der Waals surface area contributed by atoms with Gasteiger partial charge >= 0.3 is 5.97 Å². The lowest BCUT2D eigenvalue weighted by Crippen LogP contribution is -2.17. The number of fused-ring (bicyclic) bond motifs is 1. The summed E-state index contributed by atoms with van der Waals surface area (Å²) < 4.78 is 5.50. The number of ether oxygens (including phenoxy) is 1. The highest BCUT2D eigenvalue weighted by atomic mass is 16.5. The summed E-state index contributed by atoms with van der Waals surface area (Å²) in [5.41, 5.74) is 4.11. The maximum absolute atomic E-state index is 12.6. The molecule has 0 aliphatic carbocycles. The second-order valence-corrected chi connectivity index (χ2v) is 6.43. The Kier molecular flexibility index (Phi) is 5.57. The Hall–Kier alpha value is -4.32. The maximum Gasteiger partial charge on any atom is 0.344 e. The minimum absolute atomic E-state index is 0.347. The summed E-state index contributed by atoms with van der Waals surface area (Å²) in [6.45, 7) is 0. The molecule has 6 heteroatoms. The first-order valence-corrected chi connectivity index (χ1v) is 9.24. The second kappa shape index (κ2) is 8.79. The molecule has 1 heterocycles. The molecule has 1 aromatic heterocycles. The number of benzene rings is 3. The van der Waals surface area contributed by atoms with Crippen LogP contribution in [0.15, 0.2) is 96.4 Å². The Bertz CT molecular complexity index is 1210. The molecule has 0 bridgehead atoms. The van der Waals surface area contributed by atoms with E-state index in [9.17, 15) is 9.59 Å². The van der Waals surface area contributed by atoms with Crippen LogP contribution in [0.2, 0.25) is 0 Å².